The summed E-state index contributed by atoms with van der Waals surface area (Å²) in [5, 5.41) is 8.95. The fourth-order valence-electron chi connectivity index (χ4n) is 2.96. The van der Waals surface area contributed by atoms with E-state index in [1.165, 1.54) is 24.3 Å². The molecule has 0 fully saturated rings. The molecule has 0 radical (unpaired) electrons. The van der Waals surface area contributed by atoms with Gasteiger partial charge in [0.05, 0.1) is 11.1 Å². The number of hydrogen-bond acceptors (Lipinski definition) is 3. The highest BCUT2D eigenvalue weighted by Gasteiger charge is 2.24. The number of carbonyl (C=O) groups is 2. The molecule has 1 N–H and O–H groups in total. The molecule has 0 amide bonds. The van der Waals surface area contributed by atoms with Gasteiger partial charge < -0.3 is 9.84 Å². The summed E-state index contributed by atoms with van der Waals surface area (Å²) < 4.78 is 5.85. The van der Waals surface area contributed by atoms with E-state index in [0.29, 0.717) is 17.4 Å². The van der Waals surface area contributed by atoms with Gasteiger partial charge in [0.25, 0.3) is 0 Å². The average Bonchev–Trinajstić information content (AvgIpc) is 2.59. The minimum absolute atomic E-state index is 0.0781. The van der Waals surface area contributed by atoms with Crippen molar-refractivity contribution in [3.05, 3.63) is 35.4 Å². The van der Waals surface area contributed by atoms with Crippen molar-refractivity contribution < 1.29 is 19.4 Å². The van der Waals surface area contributed by atoms with Gasteiger partial charge in [0.1, 0.15) is 6.10 Å². The maximum Gasteiger partial charge on any atom is 0.338 e. The number of ether oxygens (including phenoxy) is 1. The second kappa shape index (κ2) is 10.9. The van der Waals surface area contributed by atoms with Crippen LogP contribution in [0.5, 0.6) is 0 Å². The molecule has 0 aliphatic heterocycles. The maximum atomic E-state index is 12.5. The Bertz CT molecular complexity index is 533. The lowest BCUT2D eigenvalue weighted by Gasteiger charge is -2.27. The molecular weight excluding hydrogens is 316 g/mol. The van der Waals surface area contributed by atoms with Crippen molar-refractivity contribution in [2.24, 2.45) is 11.8 Å². The number of carboxylic acid groups (broad SMARTS) is 1. The Kier molecular flexibility index (Phi) is 9.25. The summed E-state index contributed by atoms with van der Waals surface area (Å²) in [5.74, 6) is -0.415. The zero-order valence-electron chi connectivity index (χ0n) is 16.0. The lowest BCUT2D eigenvalue weighted by atomic mass is 9.89. The van der Waals surface area contributed by atoms with Crippen molar-refractivity contribution >= 4 is 11.9 Å². The molecule has 0 aromatic heterocycles. The summed E-state index contributed by atoms with van der Waals surface area (Å²) >= 11 is 0. The molecule has 1 aromatic carbocycles. The third-order valence-corrected chi connectivity index (χ3v) is 4.63. The standard InChI is InChI=1S/C21H32O4/c1-5-7-8-16(6-2)19(14-9-15(3)4)25-21(24)18-12-10-17(11-13-18)20(22)23/h10-13,15-16,19H,5-9,14H2,1-4H3,(H,22,23). The number of rotatable bonds is 11. The second-order valence-electron chi connectivity index (χ2n) is 7.11. The first-order chi connectivity index (χ1) is 11.9. The first-order valence-corrected chi connectivity index (χ1v) is 9.43. The van der Waals surface area contributed by atoms with E-state index in [-0.39, 0.29) is 17.6 Å². The van der Waals surface area contributed by atoms with Gasteiger partial charge in [-0.1, -0.05) is 40.5 Å². The third kappa shape index (κ3) is 7.29. The predicted octanol–water partition coefficient (Wildman–Crippen LogP) is 5.56. The number of carbonyl (C=O) groups excluding carboxylic acids is 1. The van der Waals surface area contributed by atoms with Crippen LogP contribution in [0.15, 0.2) is 24.3 Å². The molecule has 0 saturated heterocycles. The topological polar surface area (TPSA) is 63.6 Å². The van der Waals surface area contributed by atoms with Crippen LogP contribution in [0.2, 0.25) is 0 Å². The van der Waals surface area contributed by atoms with Crippen molar-refractivity contribution in [2.75, 3.05) is 0 Å². The lowest BCUT2D eigenvalue weighted by Crippen LogP contribution is -2.27. The Hall–Kier alpha value is -1.84. The van der Waals surface area contributed by atoms with E-state index in [4.69, 9.17) is 9.84 Å². The van der Waals surface area contributed by atoms with Crippen LogP contribution >= 0.6 is 0 Å². The molecule has 140 valence electrons. The third-order valence-electron chi connectivity index (χ3n) is 4.63. The van der Waals surface area contributed by atoms with Crippen LogP contribution in [-0.4, -0.2) is 23.1 Å². The molecule has 0 heterocycles. The molecule has 25 heavy (non-hydrogen) atoms. The van der Waals surface area contributed by atoms with E-state index < -0.39 is 5.97 Å². The normalized spacial score (nSPS) is 13.5. The van der Waals surface area contributed by atoms with Crippen molar-refractivity contribution in [1.29, 1.82) is 0 Å². The molecule has 2 atom stereocenters. The SMILES string of the molecule is CCCCC(CC)C(CCC(C)C)OC(=O)c1ccc(C(=O)O)cc1. The molecule has 0 saturated carbocycles. The summed E-state index contributed by atoms with van der Waals surface area (Å²) in [5.41, 5.74) is 0.576. The molecule has 0 spiro atoms. The van der Waals surface area contributed by atoms with Gasteiger partial charge in [-0.05, 0) is 61.8 Å². The molecule has 0 bridgehead atoms. The molecule has 2 unspecified atom stereocenters. The summed E-state index contributed by atoms with van der Waals surface area (Å²) in [7, 11) is 0. The first kappa shape index (κ1) is 21.2. The van der Waals surface area contributed by atoms with Crippen molar-refractivity contribution in [3.63, 3.8) is 0 Å². The van der Waals surface area contributed by atoms with Gasteiger partial charge >= 0.3 is 11.9 Å². The molecule has 1 rings (SSSR count). The van der Waals surface area contributed by atoms with E-state index in [9.17, 15) is 9.59 Å². The van der Waals surface area contributed by atoms with Gasteiger partial charge in [0, 0.05) is 0 Å². The smallest absolute Gasteiger partial charge is 0.338 e. The Balaban J connectivity index is 2.82. The number of benzene rings is 1. The largest absolute Gasteiger partial charge is 0.478 e. The number of carboxylic acids is 1. The highest BCUT2D eigenvalue weighted by Crippen LogP contribution is 2.25. The molecule has 0 aliphatic rings. The van der Waals surface area contributed by atoms with E-state index in [0.717, 1.165) is 38.5 Å². The van der Waals surface area contributed by atoms with Gasteiger partial charge in [-0.25, -0.2) is 9.59 Å². The molecular formula is C21H32O4. The molecule has 0 aliphatic carbocycles. The predicted molar refractivity (Wildman–Crippen MR) is 100.0 cm³/mol. The minimum Gasteiger partial charge on any atom is -0.478 e. The average molecular weight is 348 g/mol. The Morgan fingerprint density at radius 1 is 1.00 bits per heavy atom. The number of unbranched alkanes of at least 4 members (excludes halogenated alkanes) is 1. The van der Waals surface area contributed by atoms with Gasteiger partial charge in [0.15, 0.2) is 0 Å². The van der Waals surface area contributed by atoms with Crippen LogP contribution in [0.1, 0.15) is 86.9 Å². The summed E-state index contributed by atoms with van der Waals surface area (Å²) in [6.45, 7) is 8.68. The van der Waals surface area contributed by atoms with E-state index in [2.05, 4.69) is 27.7 Å². The Morgan fingerprint density at radius 2 is 1.60 bits per heavy atom. The van der Waals surface area contributed by atoms with Gasteiger partial charge in [-0.2, -0.15) is 0 Å². The Labute approximate surface area is 151 Å². The van der Waals surface area contributed by atoms with Gasteiger partial charge in [0.2, 0.25) is 0 Å². The van der Waals surface area contributed by atoms with E-state index >= 15 is 0 Å². The highest BCUT2D eigenvalue weighted by atomic mass is 16.5. The van der Waals surface area contributed by atoms with E-state index in [1.807, 2.05) is 0 Å². The second-order valence-corrected chi connectivity index (χ2v) is 7.11. The quantitative estimate of drug-likeness (QED) is 0.532. The molecule has 4 nitrogen and oxygen atoms in total. The maximum absolute atomic E-state index is 12.5. The highest BCUT2D eigenvalue weighted by molar-refractivity contribution is 5.92. The van der Waals surface area contributed by atoms with Gasteiger partial charge in [-0.3, -0.25) is 0 Å². The van der Waals surface area contributed by atoms with Crippen molar-refractivity contribution in [2.45, 2.75) is 72.3 Å². The minimum atomic E-state index is -1.000. The molecule has 4 heteroatoms. The van der Waals surface area contributed by atoms with Crippen LogP contribution in [-0.2, 0) is 4.74 Å². The number of esters is 1. The number of hydrogen-bond donors (Lipinski definition) is 1. The first-order valence-electron chi connectivity index (χ1n) is 9.43. The van der Waals surface area contributed by atoms with Crippen LogP contribution in [0, 0.1) is 11.8 Å². The van der Waals surface area contributed by atoms with Crippen molar-refractivity contribution in [1.82, 2.24) is 0 Å². The van der Waals surface area contributed by atoms with Crippen LogP contribution in [0.4, 0.5) is 0 Å². The summed E-state index contributed by atoms with van der Waals surface area (Å²) in [6.07, 6.45) is 6.16. The van der Waals surface area contributed by atoms with Crippen molar-refractivity contribution in [3.8, 4) is 0 Å². The molecule has 1 aromatic rings. The van der Waals surface area contributed by atoms with Crippen LogP contribution in [0.3, 0.4) is 0 Å². The fourth-order valence-corrected chi connectivity index (χ4v) is 2.96. The Morgan fingerprint density at radius 3 is 2.08 bits per heavy atom. The monoisotopic (exact) mass is 348 g/mol. The summed E-state index contributed by atoms with van der Waals surface area (Å²) in [4.78, 5) is 23.4. The van der Waals surface area contributed by atoms with Crippen LogP contribution < -0.4 is 0 Å². The zero-order chi connectivity index (χ0) is 18.8. The lowest BCUT2D eigenvalue weighted by molar-refractivity contribution is 0.00689. The zero-order valence-corrected chi connectivity index (χ0v) is 16.0. The van der Waals surface area contributed by atoms with E-state index in [1.54, 1.807) is 0 Å². The number of aromatic carboxylic acids is 1. The fraction of sp³-hybridized carbons (Fsp3) is 0.619. The van der Waals surface area contributed by atoms with Gasteiger partial charge in [-0.15, -0.1) is 0 Å². The summed E-state index contributed by atoms with van der Waals surface area (Å²) in [6, 6.07) is 5.93. The van der Waals surface area contributed by atoms with Crippen LogP contribution in [0.25, 0.3) is 0 Å².